The molecule has 1 fully saturated rings. The molecule has 4 nitrogen and oxygen atoms in total. The Bertz CT molecular complexity index is 890. The van der Waals surface area contributed by atoms with Crippen molar-refractivity contribution in [1.29, 1.82) is 5.26 Å². The van der Waals surface area contributed by atoms with Crippen molar-refractivity contribution in [2.24, 2.45) is 17.3 Å². The molecule has 0 saturated heterocycles. The van der Waals surface area contributed by atoms with Crippen LogP contribution in [0.25, 0.3) is 0 Å². The van der Waals surface area contributed by atoms with E-state index in [1.54, 1.807) is 18.2 Å². The predicted octanol–water partition coefficient (Wildman–Crippen LogP) is 5.30. The smallest absolute Gasteiger partial charge is 0.311 e. The van der Waals surface area contributed by atoms with Gasteiger partial charge in [0, 0.05) is 17.5 Å². The Hall–Kier alpha value is -2.77. The van der Waals surface area contributed by atoms with Gasteiger partial charge in [0.15, 0.2) is 0 Å². The number of carbonyl (C=O) groups is 1. The topological polar surface area (TPSA) is 59.3 Å². The number of benzene rings is 1. The lowest BCUT2D eigenvalue weighted by Gasteiger charge is -2.14. The molecule has 2 aliphatic carbocycles. The summed E-state index contributed by atoms with van der Waals surface area (Å²) in [5.74, 6) is 0.725. The molecule has 144 valence electrons. The zero-order valence-electron chi connectivity index (χ0n) is 15.8. The Morgan fingerprint density at radius 3 is 2.79 bits per heavy atom. The highest BCUT2D eigenvalue weighted by molar-refractivity contribution is 6.25. The first-order valence-electron chi connectivity index (χ1n) is 9.14. The molecular weight excluding hydrogens is 374 g/mol. The van der Waals surface area contributed by atoms with Gasteiger partial charge in [0.2, 0.25) is 6.10 Å². The standard InChI is InChI=1S/C23H22ClNO3/c1-23(2)19(12-13-24)21(23)22(26)28-20(15-25)16-8-6-7-11-18(14-16)27-17-9-4-3-5-10-17/h3-10,12-14,19-21H,11H2,1-2H3/b13-12+. The number of hydrogen-bond donors (Lipinski definition) is 0. The first-order valence-corrected chi connectivity index (χ1v) is 9.58. The summed E-state index contributed by atoms with van der Waals surface area (Å²) in [5, 5.41) is 9.60. The minimum Gasteiger partial charge on any atom is -0.461 e. The van der Waals surface area contributed by atoms with E-state index >= 15 is 0 Å². The third-order valence-corrected chi connectivity index (χ3v) is 5.31. The van der Waals surface area contributed by atoms with Gasteiger partial charge in [-0.25, -0.2) is 0 Å². The van der Waals surface area contributed by atoms with Gasteiger partial charge in [0.1, 0.15) is 17.6 Å². The number of carbonyl (C=O) groups excluding carboxylic acids is 1. The van der Waals surface area contributed by atoms with Crippen LogP contribution in [0.5, 0.6) is 5.75 Å². The summed E-state index contributed by atoms with van der Waals surface area (Å²) in [7, 11) is 0. The molecule has 3 rings (SSSR count). The van der Waals surface area contributed by atoms with E-state index in [2.05, 4.69) is 6.07 Å². The Morgan fingerprint density at radius 2 is 2.11 bits per heavy atom. The molecule has 3 unspecified atom stereocenters. The Morgan fingerprint density at radius 1 is 1.36 bits per heavy atom. The molecule has 5 heteroatoms. The van der Waals surface area contributed by atoms with E-state index in [1.807, 2.05) is 56.3 Å². The zero-order chi connectivity index (χ0) is 20.1. The number of allylic oxidation sites excluding steroid dienone is 4. The normalized spacial score (nSPS) is 23.8. The summed E-state index contributed by atoms with van der Waals surface area (Å²) < 4.78 is 11.5. The molecule has 0 aliphatic heterocycles. The van der Waals surface area contributed by atoms with Crippen LogP contribution in [0.4, 0.5) is 0 Å². The second kappa shape index (κ2) is 8.50. The Labute approximate surface area is 170 Å². The molecule has 0 spiro atoms. The summed E-state index contributed by atoms with van der Waals surface area (Å²) >= 11 is 5.67. The van der Waals surface area contributed by atoms with Crippen LogP contribution in [0.3, 0.4) is 0 Å². The number of esters is 1. The Kier molecular flexibility index (Phi) is 6.06. The van der Waals surface area contributed by atoms with Crippen molar-refractivity contribution in [2.45, 2.75) is 26.4 Å². The average Bonchev–Trinajstić information content (AvgIpc) is 3.31. The maximum absolute atomic E-state index is 12.6. The third kappa shape index (κ3) is 4.37. The monoisotopic (exact) mass is 395 g/mol. The van der Waals surface area contributed by atoms with Gasteiger partial charge in [-0.2, -0.15) is 5.26 Å². The van der Waals surface area contributed by atoms with E-state index in [0.717, 1.165) is 0 Å². The van der Waals surface area contributed by atoms with Gasteiger partial charge in [0.25, 0.3) is 0 Å². The van der Waals surface area contributed by atoms with E-state index in [9.17, 15) is 10.1 Å². The Balaban J connectivity index is 1.73. The average molecular weight is 396 g/mol. The molecule has 0 radical (unpaired) electrons. The van der Waals surface area contributed by atoms with Crippen LogP contribution >= 0.6 is 11.6 Å². The molecule has 0 amide bonds. The van der Waals surface area contributed by atoms with E-state index in [0.29, 0.717) is 23.5 Å². The lowest BCUT2D eigenvalue weighted by atomic mass is 10.1. The molecule has 0 N–H and O–H groups in total. The fourth-order valence-electron chi connectivity index (χ4n) is 3.45. The highest BCUT2D eigenvalue weighted by Crippen LogP contribution is 2.59. The van der Waals surface area contributed by atoms with Gasteiger partial charge in [-0.3, -0.25) is 4.79 Å². The molecular formula is C23H22ClNO3. The zero-order valence-corrected chi connectivity index (χ0v) is 16.6. The third-order valence-electron chi connectivity index (χ3n) is 5.16. The summed E-state index contributed by atoms with van der Waals surface area (Å²) in [4.78, 5) is 12.6. The van der Waals surface area contributed by atoms with Gasteiger partial charge in [-0.1, -0.05) is 68.0 Å². The van der Waals surface area contributed by atoms with E-state index < -0.39 is 6.10 Å². The first kappa shape index (κ1) is 20.0. The van der Waals surface area contributed by atoms with Crippen LogP contribution in [0, 0.1) is 28.6 Å². The van der Waals surface area contributed by atoms with Crippen LogP contribution in [0.15, 0.2) is 77.6 Å². The van der Waals surface area contributed by atoms with Crippen LogP contribution in [0.2, 0.25) is 0 Å². The second-order valence-electron chi connectivity index (χ2n) is 7.41. The van der Waals surface area contributed by atoms with Crippen LogP contribution in [-0.4, -0.2) is 12.1 Å². The van der Waals surface area contributed by atoms with Crippen molar-refractivity contribution in [1.82, 2.24) is 0 Å². The van der Waals surface area contributed by atoms with Crippen molar-refractivity contribution in [2.75, 3.05) is 0 Å². The first-order chi connectivity index (χ1) is 13.5. The lowest BCUT2D eigenvalue weighted by Crippen LogP contribution is -2.21. The highest BCUT2D eigenvalue weighted by Gasteiger charge is 2.61. The minimum atomic E-state index is -0.998. The second-order valence-corrected chi connectivity index (χ2v) is 7.67. The molecule has 1 aromatic carbocycles. The molecule has 0 aromatic heterocycles. The van der Waals surface area contributed by atoms with Gasteiger partial charge in [-0.05, 0) is 29.5 Å². The fourth-order valence-corrected chi connectivity index (χ4v) is 3.61. The molecule has 1 saturated carbocycles. The number of hydrogen-bond acceptors (Lipinski definition) is 4. The van der Waals surface area contributed by atoms with Crippen molar-refractivity contribution in [3.8, 4) is 11.8 Å². The van der Waals surface area contributed by atoms with Gasteiger partial charge in [0.05, 0.1) is 5.92 Å². The summed E-state index contributed by atoms with van der Waals surface area (Å²) in [6.45, 7) is 3.97. The molecule has 0 heterocycles. The summed E-state index contributed by atoms with van der Waals surface area (Å²) in [6, 6.07) is 11.5. The van der Waals surface area contributed by atoms with E-state index in [1.165, 1.54) is 5.54 Å². The summed E-state index contributed by atoms with van der Waals surface area (Å²) in [5.41, 5.74) is 1.78. The summed E-state index contributed by atoms with van der Waals surface area (Å²) in [6.07, 6.45) is 8.70. The number of ether oxygens (including phenoxy) is 2. The molecule has 3 atom stereocenters. The van der Waals surface area contributed by atoms with Crippen molar-refractivity contribution >= 4 is 17.6 Å². The number of halogens is 1. The number of nitriles is 1. The van der Waals surface area contributed by atoms with Crippen molar-refractivity contribution in [3.63, 3.8) is 0 Å². The number of rotatable bonds is 6. The van der Waals surface area contributed by atoms with Crippen LogP contribution in [-0.2, 0) is 9.53 Å². The SMILES string of the molecule is CC1(C)C(/C=C/Cl)C1C(=O)OC(C#N)C1=CC=CCC(Oc2ccccc2)=C1. The maximum Gasteiger partial charge on any atom is 0.311 e. The van der Waals surface area contributed by atoms with Crippen molar-refractivity contribution in [3.05, 3.63) is 77.6 Å². The van der Waals surface area contributed by atoms with Gasteiger partial charge < -0.3 is 9.47 Å². The molecule has 1 aromatic rings. The predicted molar refractivity (Wildman–Crippen MR) is 108 cm³/mol. The van der Waals surface area contributed by atoms with Crippen molar-refractivity contribution < 1.29 is 14.3 Å². The van der Waals surface area contributed by atoms with E-state index in [4.69, 9.17) is 21.1 Å². The molecule has 0 bridgehead atoms. The maximum atomic E-state index is 12.6. The lowest BCUT2D eigenvalue weighted by molar-refractivity contribution is -0.147. The highest BCUT2D eigenvalue weighted by atomic mass is 35.5. The fraction of sp³-hybridized carbons (Fsp3) is 0.304. The molecule has 28 heavy (non-hydrogen) atoms. The van der Waals surface area contributed by atoms with E-state index in [-0.39, 0.29) is 23.2 Å². The van der Waals surface area contributed by atoms with Crippen LogP contribution < -0.4 is 4.74 Å². The van der Waals surface area contributed by atoms with Crippen LogP contribution in [0.1, 0.15) is 20.3 Å². The number of para-hydroxylation sites is 1. The number of nitrogens with zero attached hydrogens (tertiary/aromatic N) is 1. The quantitative estimate of drug-likeness (QED) is 0.613. The molecule has 2 aliphatic rings. The van der Waals surface area contributed by atoms with Gasteiger partial charge in [-0.15, -0.1) is 0 Å². The minimum absolute atomic E-state index is 0.0207. The largest absolute Gasteiger partial charge is 0.461 e. The van der Waals surface area contributed by atoms with Gasteiger partial charge >= 0.3 is 5.97 Å².